The summed E-state index contributed by atoms with van der Waals surface area (Å²) in [5.74, 6) is 0.753. The first kappa shape index (κ1) is 21.5. The van der Waals surface area contributed by atoms with Crippen molar-refractivity contribution in [1.29, 1.82) is 0 Å². The van der Waals surface area contributed by atoms with Crippen LogP contribution < -0.4 is 10.6 Å². The van der Waals surface area contributed by atoms with E-state index in [-0.39, 0.29) is 4.90 Å². The van der Waals surface area contributed by atoms with E-state index < -0.39 is 10.0 Å². The average Bonchev–Trinajstić information content (AvgIpc) is 3.50. The minimum Gasteiger partial charge on any atom is -0.379 e. The maximum Gasteiger partial charge on any atom is 0.243 e. The van der Waals surface area contributed by atoms with Gasteiger partial charge in [0.1, 0.15) is 16.4 Å². The molecule has 1 saturated heterocycles. The quantitative estimate of drug-likeness (QED) is 0.566. The Balaban J connectivity index is 1.30. The second-order valence-corrected chi connectivity index (χ2v) is 10.9. The van der Waals surface area contributed by atoms with Gasteiger partial charge in [-0.25, -0.2) is 18.4 Å². The monoisotopic (exact) mass is 490 g/mol. The zero-order valence-corrected chi connectivity index (χ0v) is 19.6. The van der Waals surface area contributed by atoms with Crippen molar-refractivity contribution in [3.8, 4) is 22.0 Å². The van der Waals surface area contributed by atoms with E-state index in [0.717, 1.165) is 52.6 Å². The molecule has 0 amide bonds. The van der Waals surface area contributed by atoms with Crippen molar-refractivity contribution < 1.29 is 13.2 Å². The van der Waals surface area contributed by atoms with Gasteiger partial charge in [-0.1, -0.05) is 12.1 Å². The average molecular weight is 491 g/mol. The molecule has 9 nitrogen and oxygen atoms in total. The largest absolute Gasteiger partial charge is 0.379 e. The highest BCUT2D eigenvalue weighted by Crippen LogP contribution is 2.31. The summed E-state index contributed by atoms with van der Waals surface area (Å²) in [6, 6.07) is 6.89. The van der Waals surface area contributed by atoms with E-state index in [4.69, 9.17) is 9.72 Å². The summed E-state index contributed by atoms with van der Waals surface area (Å²) in [6.45, 7) is 3.35. The van der Waals surface area contributed by atoms with Crippen LogP contribution in [0.1, 0.15) is 6.42 Å². The molecule has 12 heteroatoms. The highest BCUT2D eigenvalue weighted by Gasteiger charge is 2.26. The Hall–Kier alpha value is -2.38. The summed E-state index contributed by atoms with van der Waals surface area (Å²) in [6.07, 6.45) is 1.04. The molecule has 0 spiro atoms. The van der Waals surface area contributed by atoms with Gasteiger partial charge < -0.3 is 15.4 Å². The van der Waals surface area contributed by atoms with E-state index in [0.29, 0.717) is 26.3 Å². The lowest BCUT2D eigenvalue weighted by molar-refractivity contribution is 0.0730. The number of rotatable bonds is 5. The molecule has 2 N–H and O–H groups in total. The zero-order chi connectivity index (χ0) is 22.0. The number of morpholine rings is 1. The molecule has 168 valence electrons. The number of hydrogen-bond acceptors (Lipinski definition) is 10. The summed E-state index contributed by atoms with van der Waals surface area (Å²) >= 11 is 3.01. The molecule has 2 aromatic heterocycles. The second kappa shape index (κ2) is 9.24. The zero-order valence-electron chi connectivity index (χ0n) is 17.2. The molecule has 0 aliphatic carbocycles. The lowest BCUT2D eigenvalue weighted by Crippen LogP contribution is -2.40. The van der Waals surface area contributed by atoms with Crippen molar-refractivity contribution >= 4 is 43.8 Å². The summed E-state index contributed by atoms with van der Waals surface area (Å²) in [5, 5.41) is 11.9. The second-order valence-electron chi connectivity index (χ2n) is 7.25. The molecule has 0 atom stereocenters. The van der Waals surface area contributed by atoms with Crippen molar-refractivity contribution in [2.24, 2.45) is 4.99 Å². The van der Waals surface area contributed by atoms with Gasteiger partial charge in [0.05, 0.1) is 18.1 Å². The smallest absolute Gasteiger partial charge is 0.243 e. The van der Waals surface area contributed by atoms with Crippen LogP contribution in [0.25, 0.3) is 22.0 Å². The number of guanidine groups is 1. The van der Waals surface area contributed by atoms with Crippen LogP contribution in [0.2, 0.25) is 0 Å². The summed E-state index contributed by atoms with van der Waals surface area (Å²) in [5.41, 5.74) is 2.46. The topological polar surface area (TPSA) is 109 Å². The van der Waals surface area contributed by atoms with Crippen LogP contribution in [0.4, 0.5) is 5.13 Å². The molecule has 4 heterocycles. The van der Waals surface area contributed by atoms with E-state index in [1.165, 1.54) is 27.0 Å². The summed E-state index contributed by atoms with van der Waals surface area (Å²) in [4.78, 5) is 14.0. The molecule has 1 fully saturated rings. The van der Waals surface area contributed by atoms with E-state index >= 15 is 0 Å². The van der Waals surface area contributed by atoms with Crippen LogP contribution in [0.3, 0.4) is 0 Å². The number of thiazole rings is 2. The normalized spacial score (nSPS) is 17.6. The first-order chi connectivity index (χ1) is 15.6. The third-order valence-corrected chi connectivity index (χ3v) is 8.66. The van der Waals surface area contributed by atoms with Crippen molar-refractivity contribution in [3.05, 3.63) is 35.0 Å². The van der Waals surface area contributed by atoms with Crippen LogP contribution in [0.5, 0.6) is 0 Å². The van der Waals surface area contributed by atoms with Crippen molar-refractivity contribution in [3.63, 3.8) is 0 Å². The van der Waals surface area contributed by atoms with Gasteiger partial charge in [0.15, 0.2) is 11.1 Å². The van der Waals surface area contributed by atoms with Gasteiger partial charge in [0.25, 0.3) is 0 Å². The van der Waals surface area contributed by atoms with Crippen LogP contribution >= 0.6 is 22.7 Å². The molecule has 32 heavy (non-hydrogen) atoms. The van der Waals surface area contributed by atoms with Crippen LogP contribution in [0, 0.1) is 0 Å². The van der Waals surface area contributed by atoms with E-state index in [2.05, 4.69) is 20.6 Å². The number of aliphatic imine (C=N–C) groups is 1. The Morgan fingerprint density at radius 1 is 1.03 bits per heavy atom. The number of ether oxygens (including phenoxy) is 1. The summed E-state index contributed by atoms with van der Waals surface area (Å²) in [7, 11) is -3.50. The third kappa shape index (κ3) is 4.55. The van der Waals surface area contributed by atoms with Crippen molar-refractivity contribution in [2.75, 3.05) is 44.7 Å². The van der Waals surface area contributed by atoms with Gasteiger partial charge in [0.2, 0.25) is 10.0 Å². The van der Waals surface area contributed by atoms with E-state index in [1.54, 1.807) is 24.3 Å². The minimum atomic E-state index is -3.50. The van der Waals surface area contributed by atoms with E-state index in [1.807, 2.05) is 10.8 Å². The number of benzene rings is 1. The molecule has 2 aliphatic heterocycles. The van der Waals surface area contributed by atoms with Gasteiger partial charge in [-0.3, -0.25) is 4.99 Å². The SMILES string of the molecule is O=S(=O)(c1ccc(-c2nc(-c3csc(NC4=NCCCN4)n3)cs2)cc1)N1CCOCC1. The molecular weight excluding hydrogens is 468 g/mol. The molecule has 2 aliphatic rings. The lowest BCUT2D eigenvalue weighted by atomic mass is 10.2. The number of sulfonamides is 1. The van der Waals surface area contributed by atoms with Gasteiger partial charge in [-0.2, -0.15) is 4.31 Å². The Morgan fingerprint density at radius 3 is 2.53 bits per heavy atom. The number of nitrogens with one attached hydrogen (secondary N) is 2. The number of nitrogens with zero attached hydrogens (tertiary/aromatic N) is 4. The molecule has 0 radical (unpaired) electrons. The Labute approximate surface area is 194 Å². The Morgan fingerprint density at radius 2 is 1.78 bits per heavy atom. The third-order valence-electron chi connectivity index (χ3n) is 5.10. The predicted molar refractivity (Wildman–Crippen MR) is 127 cm³/mol. The molecule has 0 unspecified atom stereocenters. The van der Waals surface area contributed by atoms with Gasteiger partial charge in [-0.15, -0.1) is 22.7 Å². The highest BCUT2D eigenvalue weighted by molar-refractivity contribution is 7.89. The lowest BCUT2D eigenvalue weighted by Gasteiger charge is -2.26. The summed E-state index contributed by atoms with van der Waals surface area (Å²) < 4.78 is 32.3. The molecule has 0 saturated carbocycles. The van der Waals surface area contributed by atoms with Crippen LogP contribution in [-0.4, -0.2) is 68.0 Å². The predicted octanol–water partition coefficient (Wildman–Crippen LogP) is 2.72. The number of aromatic nitrogens is 2. The van der Waals surface area contributed by atoms with Crippen LogP contribution in [0.15, 0.2) is 44.9 Å². The van der Waals surface area contributed by atoms with Gasteiger partial charge >= 0.3 is 0 Å². The molecule has 1 aromatic carbocycles. The van der Waals surface area contributed by atoms with Gasteiger partial charge in [0, 0.05) is 42.5 Å². The first-order valence-electron chi connectivity index (χ1n) is 10.2. The fraction of sp³-hybridized carbons (Fsp3) is 0.350. The van der Waals surface area contributed by atoms with Gasteiger partial charge in [-0.05, 0) is 18.6 Å². The fourth-order valence-corrected chi connectivity index (χ4v) is 6.33. The molecular formula is C20H22N6O3S3. The van der Waals surface area contributed by atoms with Crippen molar-refractivity contribution in [1.82, 2.24) is 19.6 Å². The maximum absolute atomic E-state index is 12.8. The Kier molecular flexibility index (Phi) is 6.20. The highest BCUT2D eigenvalue weighted by atomic mass is 32.2. The number of anilines is 1. The van der Waals surface area contributed by atoms with Crippen LogP contribution in [-0.2, 0) is 14.8 Å². The van der Waals surface area contributed by atoms with Crippen molar-refractivity contribution in [2.45, 2.75) is 11.3 Å². The Bertz CT molecular complexity index is 1210. The fourth-order valence-electron chi connectivity index (χ4n) is 3.40. The number of hydrogen-bond donors (Lipinski definition) is 2. The molecule has 0 bridgehead atoms. The minimum absolute atomic E-state index is 0.286. The van der Waals surface area contributed by atoms with E-state index in [9.17, 15) is 8.42 Å². The molecule has 5 rings (SSSR count). The maximum atomic E-state index is 12.8. The first-order valence-corrected chi connectivity index (χ1v) is 13.4. The standard InChI is InChI=1S/C20H22N6O3S3/c27-32(28,26-8-10-29-11-9-26)15-4-2-14(3-5-15)18-23-16(12-30-18)17-13-31-20(24-17)25-19-21-6-1-7-22-19/h2-5,12-13H,1,6-11H2,(H2,21,22,24,25). The molecule has 3 aromatic rings.